The van der Waals surface area contributed by atoms with Gasteiger partial charge in [0.25, 0.3) is 0 Å². The van der Waals surface area contributed by atoms with Crippen LogP contribution in [0.5, 0.6) is 0 Å². The zero-order valence-electron chi connectivity index (χ0n) is 15.1. The number of benzene rings is 2. The molecule has 0 saturated heterocycles. The van der Waals surface area contributed by atoms with Gasteiger partial charge in [0.2, 0.25) is 11.8 Å². The Hall–Kier alpha value is -2.88. The van der Waals surface area contributed by atoms with E-state index in [1.807, 2.05) is 30.3 Å². The highest BCUT2D eigenvalue weighted by Gasteiger charge is 2.18. The number of para-hydroxylation sites is 1. The molecule has 0 saturated carbocycles. The lowest BCUT2D eigenvalue weighted by Gasteiger charge is -2.24. The van der Waals surface area contributed by atoms with Crippen molar-refractivity contribution in [1.29, 1.82) is 5.26 Å². The molecule has 0 aliphatic carbocycles. The van der Waals surface area contributed by atoms with Crippen molar-refractivity contribution in [2.45, 2.75) is 6.42 Å². The van der Waals surface area contributed by atoms with Gasteiger partial charge in [0.1, 0.15) is 0 Å². The number of carbonyl (C=O) groups is 2. The quantitative estimate of drug-likeness (QED) is 0.758. The van der Waals surface area contributed by atoms with Gasteiger partial charge in [-0.15, -0.1) is 0 Å². The standard InChI is InChI=1S/C20H21ClN4O2/c1-24(14-19(26)23-17-10-8-16(21)9-11-17)15-20(27)25(13-5-12-22)18-6-3-2-4-7-18/h2-4,6-11H,5,13-15H2,1H3,(H,23,26). The summed E-state index contributed by atoms with van der Waals surface area (Å²) in [5.41, 5.74) is 1.38. The van der Waals surface area contributed by atoms with Crippen LogP contribution in [-0.2, 0) is 9.59 Å². The highest BCUT2D eigenvalue weighted by Crippen LogP contribution is 2.15. The fourth-order valence-corrected chi connectivity index (χ4v) is 2.64. The van der Waals surface area contributed by atoms with Gasteiger partial charge in [-0.05, 0) is 43.4 Å². The molecule has 27 heavy (non-hydrogen) atoms. The molecule has 2 rings (SSSR count). The summed E-state index contributed by atoms with van der Waals surface area (Å²) in [4.78, 5) is 28.0. The molecule has 2 aromatic carbocycles. The third-order valence-electron chi connectivity index (χ3n) is 3.76. The van der Waals surface area contributed by atoms with Crippen LogP contribution in [0.25, 0.3) is 0 Å². The normalized spacial score (nSPS) is 10.3. The number of nitrogens with zero attached hydrogens (tertiary/aromatic N) is 3. The van der Waals surface area contributed by atoms with E-state index >= 15 is 0 Å². The molecule has 7 heteroatoms. The fourth-order valence-electron chi connectivity index (χ4n) is 2.52. The predicted octanol–water partition coefficient (Wildman–Crippen LogP) is 3.16. The van der Waals surface area contributed by atoms with Gasteiger partial charge in [0, 0.05) is 22.9 Å². The Balaban J connectivity index is 1.92. The first-order valence-electron chi connectivity index (χ1n) is 8.46. The molecule has 2 aromatic rings. The van der Waals surface area contributed by atoms with Crippen LogP contribution in [0.3, 0.4) is 0 Å². The van der Waals surface area contributed by atoms with Crippen molar-refractivity contribution in [3.05, 3.63) is 59.6 Å². The minimum atomic E-state index is -0.226. The second-order valence-corrected chi connectivity index (χ2v) is 6.45. The molecule has 0 aromatic heterocycles. The average molecular weight is 385 g/mol. The Morgan fingerprint density at radius 3 is 2.37 bits per heavy atom. The summed E-state index contributed by atoms with van der Waals surface area (Å²) in [5.74, 6) is -0.394. The van der Waals surface area contributed by atoms with Crippen molar-refractivity contribution in [2.24, 2.45) is 0 Å². The van der Waals surface area contributed by atoms with E-state index in [4.69, 9.17) is 16.9 Å². The smallest absolute Gasteiger partial charge is 0.241 e. The number of halogens is 1. The minimum Gasteiger partial charge on any atom is -0.325 e. The summed E-state index contributed by atoms with van der Waals surface area (Å²) in [6, 6.07) is 18.1. The lowest BCUT2D eigenvalue weighted by atomic mass is 10.2. The molecule has 2 amide bonds. The minimum absolute atomic E-state index is 0.0638. The number of hydrogen-bond acceptors (Lipinski definition) is 4. The fraction of sp³-hybridized carbons (Fsp3) is 0.250. The Kier molecular flexibility index (Phi) is 7.80. The first-order valence-corrected chi connectivity index (χ1v) is 8.83. The number of nitrogens with one attached hydrogen (secondary N) is 1. The molecule has 0 heterocycles. The lowest BCUT2D eigenvalue weighted by Crippen LogP contribution is -2.42. The first kappa shape index (κ1) is 20.4. The summed E-state index contributed by atoms with van der Waals surface area (Å²) < 4.78 is 0. The summed E-state index contributed by atoms with van der Waals surface area (Å²) in [6.07, 6.45) is 0.238. The number of nitriles is 1. The van der Waals surface area contributed by atoms with E-state index in [2.05, 4.69) is 11.4 Å². The van der Waals surface area contributed by atoms with Crippen molar-refractivity contribution >= 4 is 34.8 Å². The Labute approximate surface area is 163 Å². The zero-order valence-corrected chi connectivity index (χ0v) is 15.8. The SMILES string of the molecule is CN(CC(=O)Nc1ccc(Cl)cc1)CC(=O)N(CCC#N)c1ccccc1. The molecule has 0 spiro atoms. The number of hydrogen-bond donors (Lipinski definition) is 1. The van der Waals surface area contributed by atoms with E-state index in [-0.39, 0.29) is 31.3 Å². The average Bonchev–Trinajstić information content (AvgIpc) is 2.64. The second kappa shape index (κ2) is 10.3. The van der Waals surface area contributed by atoms with E-state index in [1.165, 1.54) is 0 Å². The maximum absolute atomic E-state index is 12.7. The number of likely N-dealkylation sites (N-methyl/N-ethyl adjacent to an activating group) is 1. The molecule has 0 atom stereocenters. The topological polar surface area (TPSA) is 76.4 Å². The van der Waals surface area contributed by atoms with Crippen molar-refractivity contribution in [2.75, 3.05) is 36.9 Å². The molecule has 0 aliphatic rings. The molecule has 0 unspecified atom stereocenters. The zero-order chi connectivity index (χ0) is 19.6. The number of anilines is 2. The van der Waals surface area contributed by atoms with Crippen molar-refractivity contribution in [3.8, 4) is 6.07 Å². The molecule has 1 N–H and O–H groups in total. The molecule has 6 nitrogen and oxygen atoms in total. The Morgan fingerprint density at radius 2 is 1.74 bits per heavy atom. The molecule has 0 aliphatic heterocycles. The first-order chi connectivity index (χ1) is 13.0. The second-order valence-electron chi connectivity index (χ2n) is 6.02. The summed E-state index contributed by atoms with van der Waals surface area (Å²) >= 11 is 5.82. The van der Waals surface area contributed by atoms with Gasteiger partial charge in [-0.3, -0.25) is 14.5 Å². The predicted molar refractivity (Wildman–Crippen MR) is 107 cm³/mol. The van der Waals surface area contributed by atoms with Gasteiger partial charge in [0.15, 0.2) is 0 Å². The van der Waals surface area contributed by atoms with Gasteiger partial charge >= 0.3 is 0 Å². The highest BCUT2D eigenvalue weighted by molar-refractivity contribution is 6.30. The Bertz CT molecular complexity index is 803. The van der Waals surface area contributed by atoms with Crippen LogP contribution < -0.4 is 10.2 Å². The highest BCUT2D eigenvalue weighted by atomic mass is 35.5. The molecule has 140 valence electrons. The molecule has 0 fully saturated rings. The van der Waals surface area contributed by atoms with Crippen LogP contribution in [0.15, 0.2) is 54.6 Å². The van der Waals surface area contributed by atoms with Gasteiger partial charge in [-0.2, -0.15) is 5.26 Å². The van der Waals surface area contributed by atoms with E-state index in [0.717, 1.165) is 5.69 Å². The number of amides is 2. The molecule has 0 bridgehead atoms. The molecular formula is C20H21ClN4O2. The van der Waals surface area contributed by atoms with Gasteiger partial charge in [-0.1, -0.05) is 29.8 Å². The van der Waals surface area contributed by atoms with E-state index in [9.17, 15) is 9.59 Å². The van der Waals surface area contributed by atoms with Gasteiger partial charge < -0.3 is 10.2 Å². The summed E-state index contributed by atoms with van der Waals surface area (Å²) in [6.45, 7) is 0.438. The van der Waals surface area contributed by atoms with Crippen LogP contribution in [0.1, 0.15) is 6.42 Å². The third kappa shape index (κ3) is 6.74. The van der Waals surface area contributed by atoms with E-state index in [1.54, 1.807) is 41.1 Å². The largest absolute Gasteiger partial charge is 0.325 e. The molecular weight excluding hydrogens is 364 g/mol. The van der Waals surface area contributed by atoms with E-state index in [0.29, 0.717) is 17.3 Å². The van der Waals surface area contributed by atoms with Gasteiger partial charge in [0.05, 0.1) is 25.6 Å². The van der Waals surface area contributed by atoms with Crippen LogP contribution in [-0.4, -0.2) is 43.4 Å². The van der Waals surface area contributed by atoms with Crippen LogP contribution in [0, 0.1) is 11.3 Å². The van der Waals surface area contributed by atoms with Crippen molar-refractivity contribution in [1.82, 2.24) is 4.90 Å². The van der Waals surface area contributed by atoms with Crippen LogP contribution >= 0.6 is 11.6 Å². The van der Waals surface area contributed by atoms with Crippen molar-refractivity contribution in [3.63, 3.8) is 0 Å². The van der Waals surface area contributed by atoms with Crippen molar-refractivity contribution < 1.29 is 9.59 Å². The lowest BCUT2D eigenvalue weighted by molar-refractivity contribution is -0.121. The monoisotopic (exact) mass is 384 g/mol. The maximum Gasteiger partial charge on any atom is 0.241 e. The summed E-state index contributed by atoms with van der Waals surface area (Å²) in [7, 11) is 1.70. The van der Waals surface area contributed by atoms with E-state index < -0.39 is 0 Å². The third-order valence-corrected chi connectivity index (χ3v) is 4.01. The Morgan fingerprint density at radius 1 is 1.07 bits per heavy atom. The molecule has 0 radical (unpaired) electrons. The maximum atomic E-state index is 12.7. The number of carbonyl (C=O) groups excluding carboxylic acids is 2. The number of rotatable bonds is 8. The van der Waals surface area contributed by atoms with Gasteiger partial charge in [-0.25, -0.2) is 0 Å². The van der Waals surface area contributed by atoms with Crippen LogP contribution in [0.2, 0.25) is 5.02 Å². The summed E-state index contributed by atoms with van der Waals surface area (Å²) in [5, 5.41) is 12.2. The van der Waals surface area contributed by atoms with Crippen LogP contribution in [0.4, 0.5) is 11.4 Å².